The van der Waals surface area contributed by atoms with Crippen molar-refractivity contribution in [1.29, 1.82) is 0 Å². The molecule has 2 aliphatic heterocycles. The minimum atomic E-state index is -3.93. The summed E-state index contributed by atoms with van der Waals surface area (Å²) in [7, 11) is -3.93. The van der Waals surface area contributed by atoms with Gasteiger partial charge in [0.15, 0.2) is 6.23 Å². The lowest BCUT2D eigenvalue weighted by molar-refractivity contribution is -0.264. The molecule has 162 valence electrons. The highest BCUT2D eigenvalue weighted by Gasteiger charge is 2.48. The molecule has 0 amide bonds. The Hall–Kier alpha value is -2.02. The molecule has 4 heterocycles. The van der Waals surface area contributed by atoms with Crippen molar-refractivity contribution in [3.63, 3.8) is 0 Å². The van der Waals surface area contributed by atoms with E-state index in [2.05, 4.69) is 9.97 Å². The van der Waals surface area contributed by atoms with Crippen molar-refractivity contribution in [3.8, 4) is 0 Å². The van der Waals surface area contributed by atoms with Gasteiger partial charge in [0.05, 0.1) is 0 Å². The van der Waals surface area contributed by atoms with Gasteiger partial charge in [-0.3, -0.25) is 9.55 Å². The van der Waals surface area contributed by atoms with Crippen molar-refractivity contribution in [1.82, 2.24) is 14.5 Å². The molecular weight excluding hydrogens is 419 g/mol. The molecule has 13 heteroatoms. The number of phosphoric acid groups is 1. The molecule has 12 nitrogen and oxygen atoms in total. The van der Waals surface area contributed by atoms with Crippen molar-refractivity contribution in [3.05, 3.63) is 52.8 Å². The zero-order chi connectivity index (χ0) is 21.3. The Morgan fingerprint density at radius 2 is 2.07 bits per heavy atom. The fourth-order valence-corrected chi connectivity index (χ4v) is 4.66. The molecule has 6 atom stereocenters. The molecular formula is C17H21N4O8P. The van der Waals surface area contributed by atoms with Crippen LogP contribution in [0.15, 0.2) is 41.6 Å². The van der Waals surface area contributed by atoms with Gasteiger partial charge < -0.3 is 25.6 Å². The summed E-state index contributed by atoms with van der Waals surface area (Å²) in [5, 5.41) is 20.6. The van der Waals surface area contributed by atoms with Gasteiger partial charge in [-0.25, -0.2) is 4.79 Å². The molecule has 0 aliphatic carbocycles. The minimum absolute atomic E-state index is 0.0117. The number of anilines is 1. The standard InChI is InChI=1S/C17H21N4O8P/c18-13-3-7-21(17(24)20-13)16-15(23)14(22)12(28-16)9-27-30(25)26-8-4-11(29-30)10-1-5-19-6-2-10/h1-3,5-7,11-12,14-16,22-23H,4,8-9H2,(H2,18,20,24)/t11-,12+,14+,15+,16+,30?/m0/s1. The van der Waals surface area contributed by atoms with Crippen molar-refractivity contribution in [2.75, 3.05) is 18.9 Å². The zero-order valence-electron chi connectivity index (χ0n) is 15.7. The van der Waals surface area contributed by atoms with E-state index in [1.165, 1.54) is 12.3 Å². The van der Waals surface area contributed by atoms with E-state index in [9.17, 15) is 19.9 Å². The predicted molar refractivity (Wildman–Crippen MR) is 100 cm³/mol. The first-order chi connectivity index (χ1) is 14.4. The third-order valence-corrected chi connectivity index (χ3v) is 6.30. The number of aliphatic hydroxyl groups excluding tert-OH is 2. The van der Waals surface area contributed by atoms with Crippen molar-refractivity contribution >= 4 is 14.0 Å². The van der Waals surface area contributed by atoms with Crippen LogP contribution in [0.4, 0.5) is 5.82 Å². The molecule has 2 saturated heterocycles. The number of aliphatic hydroxyl groups is 2. The maximum absolute atomic E-state index is 12.8. The highest BCUT2D eigenvalue weighted by atomic mass is 31.2. The first-order valence-corrected chi connectivity index (χ1v) is 10.7. The number of aromatic nitrogens is 3. The molecule has 2 aromatic rings. The van der Waals surface area contributed by atoms with Gasteiger partial charge in [-0.2, -0.15) is 18.6 Å². The number of rotatable bonds is 5. The Morgan fingerprint density at radius 1 is 1.30 bits per heavy atom. The predicted octanol–water partition coefficient (Wildman–Crippen LogP) is -0.928. The molecule has 4 rings (SSSR count). The van der Waals surface area contributed by atoms with Gasteiger partial charge in [0, 0.05) is 25.0 Å². The van der Waals surface area contributed by atoms with Crippen LogP contribution in [0, 0.1) is 0 Å². The van der Waals surface area contributed by atoms with Crippen LogP contribution in [0.25, 0.3) is 0 Å². The van der Waals surface area contributed by atoms with Crippen LogP contribution in [0.2, 0.25) is 0 Å². The fourth-order valence-electron chi connectivity index (χ4n) is 3.26. The second-order valence-electron chi connectivity index (χ2n) is 6.83. The second kappa shape index (κ2) is 8.61. The van der Waals surface area contributed by atoms with Gasteiger partial charge in [0.25, 0.3) is 0 Å². The molecule has 2 aromatic heterocycles. The first-order valence-electron chi connectivity index (χ1n) is 9.20. The Bertz CT molecular complexity index is 933. The molecule has 0 spiro atoms. The van der Waals surface area contributed by atoms with Gasteiger partial charge in [0.2, 0.25) is 0 Å². The van der Waals surface area contributed by atoms with E-state index >= 15 is 0 Å². The highest BCUT2D eigenvalue weighted by molar-refractivity contribution is 7.54. The molecule has 2 fully saturated rings. The number of nitrogens with zero attached hydrogens (tertiary/aromatic N) is 3. The zero-order valence-corrected chi connectivity index (χ0v) is 16.6. The van der Waals surface area contributed by atoms with Crippen LogP contribution in [-0.4, -0.2) is 56.3 Å². The molecule has 2 aliphatic rings. The van der Waals surface area contributed by atoms with E-state index in [0.29, 0.717) is 6.42 Å². The average molecular weight is 440 g/mol. The van der Waals surface area contributed by atoms with Gasteiger partial charge in [-0.15, -0.1) is 0 Å². The third-order valence-electron chi connectivity index (χ3n) is 4.82. The summed E-state index contributed by atoms with van der Waals surface area (Å²) in [5.41, 5.74) is 5.48. The lowest BCUT2D eigenvalue weighted by atomic mass is 10.1. The van der Waals surface area contributed by atoms with Crippen molar-refractivity contribution in [2.45, 2.75) is 37.1 Å². The van der Waals surface area contributed by atoms with Crippen LogP contribution < -0.4 is 16.3 Å². The molecule has 0 radical (unpaired) electrons. The number of phosphoric ester groups is 1. The van der Waals surface area contributed by atoms with Crippen LogP contribution in [0.1, 0.15) is 24.3 Å². The number of ether oxygens (including phenoxy) is 1. The van der Waals surface area contributed by atoms with Gasteiger partial charge in [-0.1, -0.05) is 0 Å². The van der Waals surface area contributed by atoms with E-state index in [1.807, 2.05) is 0 Å². The maximum Gasteiger partial charge on any atom is 0.380 e. The molecule has 4 N–H and O–H groups in total. The Labute approximate surface area is 171 Å². The number of nitrogens with two attached hydrogens (primary N) is 1. The van der Waals surface area contributed by atoms with Crippen LogP contribution in [0.5, 0.6) is 0 Å². The van der Waals surface area contributed by atoms with Crippen LogP contribution >= 0.6 is 8.17 Å². The number of hydrogen-bond acceptors (Lipinski definition) is 11. The maximum atomic E-state index is 12.8. The summed E-state index contributed by atoms with van der Waals surface area (Å²) in [6.45, 7) is -0.248. The summed E-state index contributed by atoms with van der Waals surface area (Å²) in [6.07, 6.45) is -0.693. The topological polar surface area (TPSA) is 174 Å². The van der Waals surface area contributed by atoms with Crippen molar-refractivity contribution in [2.24, 2.45) is 0 Å². The van der Waals surface area contributed by atoms with Gasteiger partial charge in [-0.05, 0) is 23.8 Å². The second-order valence-corrected chi connectivity index (χ2v) is 8.45. The largest absolute Gasteiger partial charge is 0.606 e. The Balaban J connectivity index is 1.41. The smallest absolute Gasteiger partial charge is 0.380 e. The monoisotopic (exact) mass is 440 g/mol. The Morgan fingerprint density at radius 3 is 2.80 bits per heavy atom. The average Bonchev–Trinajstić information content (AvgIpc) is 3.01. The van der Waals surface area contributed by atoms with E-state index < -0.39 is 51.1 Å². The third kappa shape index (κ3) is 4.36. The number of nitrogen functional groups attached to an aromatic ring is 1. The fraction of sp³-hybridized carbons (Fsp3) is 0.471. The highest BCUT2D eigenvalue weighted by Crippen LogP contribution is 2.60. The van der Waals surface area contributed by atoms with E-state index in [0.717, 1.165) is 10.1 Å². The summed E-state index contributed by atoms with van der Waals surface area (Å²) < 4.78 is 22.6. The number of pyridine rings is 1. The summed E-state index contributed by atoms with van der Waals surface area (Å²) >= 11 is 0. The van der Waals surface area contributed by atoms with Crippen molar-refractivity contribution < 1.29 is 33.4 Å². The van der Waals surface area contributed by atoms with E-state index in [1.54, 1.807) is 24.5 Å². The lowest BCUT2D eigenvalue weighted by Gasteiger charge is -2.33. The Kier molecular flexibility index (Phi) is 6.09. The number of hydrogen-bond donors (Lipinski definition) is 3. The molecule has 0 aromatic carbocycles. The van der Waals surface area contributed by atoms with Crippen LogP contribution in [0.3, 0.4) is 0 Å². The molecule has 1 unspecified atom stereocenters. The quantitative estimate of drug-likeness (QED) is 0.490. The summed E-state index contributed by atoms with van der Waals surface area (Å²) in [5.74, 6) is 0.0117. The molecule has 0 bridgehead atoms. The SMILES string of the molecule is Nc1ccn([C@@H]2O[C@H](CO[P+]3([O-])OCC[C@@H](c4ccncc4)O3)[C@@H](O)[C@H]2O)c(=O)n1. The van der Waals surface area contributed by atoms with E-state index in [-0.39, 0.29) is 12.4 Å². The van der Waals surface area contributed by atoms with Gasteiger partial charge >= 0.3 is 13.9 Å². The van der Waals surface area contributed by atoms with Gasteiger partial charge in [0.1, 0.15) is 43.4 Å². The molecule has 30 heavy (non-hydrogen) atoms. The summed E-state index contributed by atoms with van der Waals surface area (Å²) in [4.78, 5) is 32.3. The van der Waals surface area contributed by atoms with E-state index in [4.69, 9.17) is 24.0 Å². The molecule has 0 saturated carbocycles. The lowest BCUT2D eigenvalue weighted by Crippen LogP contribution is -2.36. The normalized spacial score (nSPS) is 34.2. The minimum Gasteiger partial charge on any atom is -0.606 e. The summed E-state index contributed by atoms with van der Waals surface area (Å²) in [6, 6.07) is 4.84. The van der Waals surface area contributed by atoms with Crippen LogP contribution in [-0.2, 0) is 18.3 Å². The first kappa shape index (κ1) is 21.2.